The Morgan fingerprint density at radius 1 is 0.654 bits per heavy atom. The summed E-state index contributed by atoms with van der Waals surface area (Å²) in [5.41, 5.74) is 0. The molecule has 3 nitrogen and oxygen atoms in total. The van der Waals surface area contributed by atoms with E-state index in [0.717, 1.165) is 0 Å². The monoisotopic (exact) mass is 578 g/mol. The van der Waals surface area contributed by atoms with E-state index in [0.29, 0.717) is 6.42 Å². The fourth-order valence-electron chi connectivity index (χ4n) is 3.00. The number of unbranched alkanes of at least 4 members (excludes halogenated alkanes) is 4. The number of hydrogen-bond acceptors (Lipinski definition) is 3. The average Bonchev–Trinajstić information content (AvgIpc) is 2.68. The van der Waals surface area contributed by atoms with Crippen LogP contribution in [0.1, 0.15) is 85.5 Å². The topological polar surface area (TPSA) is 27.7 Å². The first-order valence-corrected chi connectivity index (χ1v) is 22.0. The Balaban J connectivity index is 4.82. The van der Waals surface area contributed by atoms with E-state index < -0.39 is 45.9 Å². The summed E-state index contributed by atoms with van der Waals surface area (Å²) in [6.45, 7) is 9.01. The molecule has 0 atom stereocenters. The maximum absolute atomic E-state index is 6.43. The zero-order valence-electron chi connectivity index (χ0n) is 17.8. The van der Waals surface area contributed by atoms with Crippen LogP contribution in [0.5, 0.6) is 0 Å². The molecule has 0 bridgehead atoms. The van der Waals surface area contributed by atoms with Gasteiger partial charge in [0.25, 0.3) is 0 Å². The Morgan fingerprint density at radius 2 is 1.08 bits per heavy atom. The molecule has 0 saturated heterocycles. The first-order valence-electron chi connectivity index (χ1n) is 10.7. The zero-order valence-corrected chi connectivity index (χ0v) is 23.5. The van der Waals surface area contributed by atoms with Crippen LogP contribution in [0.2, 0.25) is 22.2 Å². The molecule has 0 aromatic heterocycles. The van der Waals surface area contributed by atoms with Crippen molar-refractivity contribution in [2.24, 2.45) is 0 Å². The van der Waals surface area contributed by atoms with E-state index in [1.165, 1.54) is 73.6 Å². The van der Waals surface area contributed by atoms with Crippen molar-refractivity contribution < 1.29 is 12.4 Å². The van der Waals surface area contributed by atoms with Crippen LogP contribution in [0.3, 0.4) is 0 Å². The van der Waals surface area contributed by atoms with Gasteiger partial charge in [0, 0.05) is 0 Å². The summed E-state index contributed by atoms with van der Waals surface area (Å²) in [5, 5.41) is 0. The third kappa shape index (κ3) is 12.9. The molecule has 0 amide bonds. The molecular formula is C19H40B2O3Sn2. The van der Waals surface area contributed by atoms with Gasteiger partial charge in [0.15, 0.2) is 0 Å². The van der Waals surface area contributed by atoms with E-state index in [-0.39, 0.29) is 0 Å². The molecule has 0 rings (SSSR count). The molecule has 0 aromatic carbocycles. The second kappa shape index (κ2) is 18.6. The van der Waals surface area contributed by atoms with Crippen molar-refractivity contribution in [2.45, 2.75) is 114 Å². The van der Waals surface area contributed by atoms with Gasteiger partial charge in [0.2, 0.25) is 0 Å². The first-order chi connectivity index (χ1) is 12.6. The summed E-state index contributed by atoms with van der Waals surface area (Å²) in [7, 11) is 11.3. The maximum atomic E-state index is 6.43. The molecule has 148 valence electrons. The summed E-state index contributed by atoms with van der Waals surface area (Å²) >= 11 is -3.49. The van der Waals surface area contributed by atoms with Gasteiger partial charge < -0.3 is 0 Å². The summed E-state index contributed by atoms with van der Waals surface area (Å²) in [5.74, 6) is -1.18. The molecular weight excluding hydrogens is 535 g/mol. The molecule has 0 fully saturated rings. The van der Waals surface area contributed by atoms with Crippen LogP contribution < -0.4 is 0 Å². The second-order valence-electron chi connectivity index (χ2n) is 7.22. The Labute approximate surface area is 181 Å². The van der Waals surface area contributed by atoms with Gasteiger partial charge in [-0.25, -0.2) is 0 Å². The van der Waals surface area contributed by atoms with E-state index in [2.05, 4.69) is 27.7 Å². The van der Waals surface area contributed by atoms with E-state index in [4.69, 9.17) is 28.5 Å². The fourth-order valence-corrected chi connectivity index (χ4v) is 19.3. The minimum atomic E-state index is -2.06. The van der Waals surface area contributed by atoms with E-state index in [1.807, 2.05) is 0 Å². The van der Waals surface area contributed by atoms with Crippen molar-refractivity contribution in [1.29, 1.82) is 0 Å². The zero-order chi connectivity index (χ0) is 19.7. The Bertz CT molecular complexity index is 293. The third-order valence-electron chi connectivity index (χ3n) is 4.83. The summed E-state index contributed by atoms with van der Waals surface area (Å²) in [4.78, 5) is 0. The van der Waals surface area contributed by atoms with Crippen LogP contribution in [0.4, 0.5) is 0 Å². The molecule has 7 heteroatoms. The normalized spacial score (nSPS) is 12.4. The van der Waals surface area contributed by atoms with Crippen LogP contribution in [0.25, 0.3) is 0 Å². The molecule has 0 aliphatic heterocycles. The molecule has 0 N–H and O–H groups in total. The van der Waals surface area contributed by atoms with E-state index in [1.54, 1.807) is 0 Å². The van der Waals surface area contributed by atoms with Crippen molar-refractivity contribution in [3.05, 3.63) is 0 Å². The summed E-state index contributed by atoms with van der Waals surface area (Å²) in [6, 6.07) is 0. The Kier molecular flexibility index (Phi) is 19.8. The molecule has 0 saturated carbocycles. The van der Waals surface area contributed by atoms with Crippen LogP contribution in [0.15, 0.2) is 0 Å². The van der Waals surface area contributed by atoms with Gasteiger partial charge in [-0.05, 0) is 0 Å². The van der Waals surface area contributed by atoms with Crippen molar-refractivity contribution >= 4 is 56.0 Å². The molecule has 0 unspecified atom stereocenters. The Morgan fingerprint density at radius 3 is 1.46 bits per heavy atom. The molecule has 0 heterocycles. The van der Waals surface area contributed by atoms with Gasteiger partial charge in [0.1, 0.15) is 0 Å². The predicted molar refractivity (Wildman–Crippen MR) is 117 cm³/mol. The molecule has 0 aliphatic carbocycles. The van der Waals surface area contributed by atoms with Crippen LogP contribution >= 0.6 is 0 Å². The van der Waals surface area contributed by atoms with Crippen LogP contribution in [0, 0.1) is 0 Å². The van der Waals surface area contributed by atoms with E-state index >= 15 is 0 Å². The van der Waals surface area contributed by atoms with Crippen LogP contribution in [-0.4, -0.2) is 62.0 Å². The van der Waals surface area contributed by atoms with Gasteiger partial charge in [-0.15, -0.1) is 0 Å². The summed E-state index contributed by atoms with van der Waals surface area (Å²) < 4.78 is 23.4. The molecule has 6 radical (unpaired) electrons. The number of rotatable bonds is 19. The van der Waals surface area contributed by atoms with Gasteiger partial charge in [-0.1, -0.05) is 0 Å². The molecule has 0 spiro atoms. The standard InChI is InChI=1S/4C4H9.C3H4B2O3.2Sn/c4*1-3-4-2;1-2-3(6,7-4)8-5;;/h4*1,3-4H2,2H3;1-2H2;;/q;;;;-1;;+1. The van der Waals surface area contributed by atoms with Gasteiger partial charge in [0.05, 0.1) is 0 Å². The number of hydrogen-bond donors (Lipinski definition) is 0. The summed E-state index contributed by atoms with van der Waals surface area (Å²) in [6.07, 6.45) is 10.8. The second-order valence-corrected chi connectivity index (χ2v) is 22.3. The first kappa shape index (κ1) is 27.6. The van der Waals surface area contributed by atoms with E-state index in [9.17, 15) is 0 Å². The van der Waals surface area contributed by atoms with Crippen molar-refractivity contribution in [3.63, 3.8) is 0 Å². The van der Waals surface area contributed by atoms with Crippen LogP contribution in [-0.2, 0) is 12.4 Å². The third-order valence-corrected chi connectivity index (χ3v) is 20.5. The van der Waals surface area contributed by atoms with Crippen molar-refractivity contribution in [1.82, 2.24) is 0 Å². The van der Waals surface area contributed by atoms with Gasteiger partial charge in [-0.3, -0.25) is 0 Å². The fraction of sp³-hybridized carbons (Fsp3) is 1.00. The van der Waals surface area contributed by atoms with Gasteiger partial charge >= 0.3 is 182 Å². The predicted octanol–water partition coefficient (Wildman–Crippen LogP) is 5.93. The molecule has 0 aromatic rings. The van der Waals surface area contributed by atoms with Crippen molar-refractivity contribution in [2.75, 3.05) is 0 Å². The molecule has 0 aliphatic rings. The van der Waals surface area contributed by atoms with Crippen molar-refractivity contribution in [3.8, 4) is 0 Å². The quantitative estimate of drug-likeness (QED) is 0.141. The SMILES string of the molecule is [B]OC(C[CH2][Sn]([CH2]CCC)[CH2]CCC)(O[B])[O][Sn]([CH2]CCC)[CH2]CCC. The Hall–Kier alpha value is 1.61. The minimum absolute atomic E-state index is 0.713. The average molecular weight is 576 g/mol. The molecule has 26 heavy (non-hydrogen) atoms. The van der Waals surface area contributed by atoms with Gasteiger partial charge in [-0.2, -0.15) is 0 Å².